The fraction of sp³-hybridized carbons (Fsp3) is 0.304. The van der Waals surface area contributed by atoms with Crippen LogP contribution in [0.1, 0.15) is 59.6 Å². The standard InChI is InChI=1S/C23H22Cl2N2O2/c1-14-21(23(28)29)26-27(20-12-11-18(24)13-19(20)25)22(14)17-9-7-16(8-10-17)15-5-3-2-4-6-15/h7-13,15H,2-6H2,1H3,(H,28,29). The molecule has 0 spiro atoms. The van der Waals surface area contributed by atoms with Crippen molar-refractivity contribution in [1.29, 1.82) is 0 Å². The van der Waals surface area contributed by atoms with E-state index in [-0.39, 0.29) is 5.69 Å². The van der Waals surface area contributed by atoms with E-state index in [0.717, 1.165) is 11.3 Å². The molecule has 1 aliphatic carbocycles. The normalized spacial score (nSPS) is 14.9. The Morgan fingerprint density at radius 1 is 1.07 bits per heavy atom. The minimum absolute atomic E-state index is 0.0161. The first-order chi connectivity index (χ1) is 14.0. The average Bonchev–Trinajstić information content (AvgIpc) is 3.06. The Bertz CT molecular complexity index is 1050. The Morgan fingerprint density at radius 3 is 2.38 bits per heavy atom. The van der Waals surface area contributed by atoms with Gasteiger partial charge >= 0.3 is 5.97 Å². The number of hydrogen-bond acceptors (Lipinski definition) is 2. The molecule has 0 radical (unpaired) electrons. The largest absolute Gasteiger partial charge is 0.476 e. The first kappa shape index (κ1) is 20.0. The van der Waals surface area contributed by atoms with Crippen LogP contribution >= 0.6 is 23.2 Å². The monoisotopic (exact) mass is 428 g/mol. The molecule has 2 aromatic carbocycles. The van der Waals surface area contributed by atoms with Crippen molar-refractivity contribution >= 4 is 29.2 Å². The van der Waals surface area contributed by atoms with Crippen molar-refractivity contribution in [3.05, 3.63) is 69.3 Å². The van der Waals surface area contributed by atoms with Gasteiger partial charge < -0.3 is 5.11 Å². The number of hydrogen-bond donors (Lipinski definition) is 1. The fourth-order valence-electron chi connectivity index (χ4n) is 4.21. The molecule has 0 unspecified atom stereocenters. The minimum Gasteiger partial charge on any atom is -0.476 e. The van der Waals surface area contributed by atoms with Crippen LogP contribution in [-0.4, -0.2) is 20.9 Å². The number of halogens is 2. The molecule has 1 heterocycles. The maximum atomic E-state index is 11.7. The third kappa shape index (κ3) is 3.92. The second-order valence-electron chi connectivity index (χ2n) is 7.59. The zero-order chi connectivity index (χ0) is 20.5. The molecule has 150 valence electrons. The van der Waals surface area contributed by atoms with Gasteiger partial charge in [-0.05, 0) is 49.4 Å². The summed E-state index contributed by atoms with van der Waals surface area (Å²) in [6.07, 6.45) is 6.37. The number of aromatic carboxylic acids is 1. The topological polar surface area (TPSA) is 55.1 Å². The summed E-state index contributed by atoms with van der Waals surface area (Å²) < 4.78 is 1.60. The van der Waals surface area contributed by atoms with E-state index >= 15 is 0 Å². The maximum Gasteiger partial charge on any atom is 0.356 e. The summed E-state index contributed by atoms with van der Waals surface area (Å²) in [4.78, 5) is 11.7. The predicted octanol–water partition coefficient (Wildman–Crippen LogP) is 6.90. The number of aromatic nitrogens is 2. The van der Waals surface area contributed by atoms with Crippen LogP contribution in [0.25, 0.3) is 16.9 Å². The highest BCUT2D eigenvalue weighted by atomic mass is 35.5. The second kappa shape index (κ2) is 8.21. The van der Waals surface area contributed by atoms with E-state index in [0.29, 0.717) is 27.2 Å². The lowest BCUT2D eigenvalue weighted by atomic mass is 9.84. The van der Waals surface area contributed by atoms with Gasteiger partial charge in [-0.25, -0.2) is 9.48 Å². The Labute approximate surface area is 180 Å². The van der Waals surface area contributed by atoms with Crippen molar-refractivity contribution in [3.63, 3.8) is 0 Å². The lowest BCUT2D eigenvalue weighted by Crippen LogP contribution is -2.05. The van der Waals surface area contributed by atoms with Gasteiger partial charge in [0.2, 0.25) is 0 Å². The number of nitrogens with zero attached hydrogens (tertiary/aromatic N) is 2. The quantitative estimate of drug-likeness (QED) is 0.491. The zero-order valence-corrected chi connectivity index (χ0v) is 17.7. The van der Waals surface area contributed by atoms with Crippen LogP contribution in [0.3, 0.4) is 0 Å². The lowest BCUT2D eigenvalue weighted by molar-refractivity contribution is 0.0689. The molecule has 3 aromatic rings. The second-order valence-corrected chi connectivity index (χ2v) is 8.44. The zero-order valence-electron chi connectivity index (χ0n) is 16.2. The first-order valence-corrected chi connectivity index (χ1v) is 10.6. The highest BCUT2D eigenvalue weighted by Gasteiger charge is 2.23. The van der Waals surface area contributed by atoms with E-state index < -0.39 is 5.97 Å². The number of benzene rings is 2. The van der Waals surface area contributed by atoms with Crippen LogP contribution in [0.15, 0.2) is 42.5 Å². The van der Waals surface area contributed by atoms with Gasteiger partial charge in [0.05, 0.1) is 16.4 Å². The molecule has 1 fully saturated rings. The van der Waals surface area contributed by atoms with Gasteiger partial charge in [0.25, 0.3) is 0 Å². The van der Waals surface area contributed by atoms with Crippen molar-refractivity contribution in [2.75, 3.05) is 0 Å². The summed E-state index contributed by atoms with van der Waals surface area (Å²) in [5.41, 5.74) is 4.20. The molecular formula is C23H22Cl2N2O2. The molecule has 1 aromatic heterocycles. The van der Waals surface area contributed by atoms with Gasteiger partial charge in [-0.3, -0.25) is 0 Å². The lowest BCUT2D eigenvalue weighted by Gasteiger charge is -2.22. The van der Waals surface area contributed by atoms with E-state index in [1.165, 1.54) is 37.7 Å². The van der Waals surface area contributed by atoms with Crippen molar-refractivity contribution in [2.45, 2.75) is 44.9 Å². The van der Waals surface area contributed by atoms with E-state index in [1.807, 2.05) is 0 Å². The van der Waals surface area contributed by atoms with Crippen LogP contribution in [0.5, 0.6) is 0 Å². The molecule has 0 saturated heterocycles. The SMILES string of the molecule is Cc1c(C(=O)O)nn(-c2ccc(Cl)cc2Cl)c1-c1ccc(C2CCCCC2)cc1. The molecule has 6 heteroatoms. The summed E-state index contributed by atoms with van der Waals surface area (Å²) in [6, 6.07) is 13.5. The van der Waals surface area contributed by atoms with Crippen LogP contribution in [-0.2, 0) is 0 Å². The summed E-state index contributed by atoms with van der Waals surface area (Å²) in [6.45, 7) is 1.78. The Hall–Kier alpha value is -2.30. The molecule has 4 nitrogen and oxygen atoms in total. The third-order valence-electron chi connectivity index (χ3n) is 5.72. The third-order valence-corrected chi connectivity index (χ3v) is 6.26. The summed E-state index contributed by atoms with van der Waals surface area (Å²) >= 11 is 12.4. The number of carboxylic acid groups (broad SMARTS) is 1. The summed E-state index contributed by atoms with van der Waals surface area (Å²) in [7, 11) is 0. The maximum absolute atomic E-state index is 11.7. The van der Waals surface area contributed by atoms with E-state index in [4.69, 9.17) is 23.2 Å². The van der Waals surface area contributed by atoms with Gasteiger partial charge in [0.1, 0.15) is 0 Å². The van der Waals surface area contributed by atoms with Crippen LogP contribution in [0, 0.1) is 6.92 Å². The van der Waals surface area contributed by atoms with Crippen LogP contribution < -0.4 is 0 Å². The molecular weight excluding hydrogens is 407 g/mol. The smallest absolute Gasteiger partial charge is 0.356 e. The molecule has 1 N–H and O–H groups in total. The number of carbonyl (C=O) groups is 1. The molecule has 0 amide bonds. The molecule has 1 aliphatic rings. The van der Waals surface area contributed by atoms with E-state index in [1.54, 1.807) is 29.8 Å². The van der Waals surface area contributed by atoms with Crippen molar-refractivity contribution in [1.82, 2.24) is 9.78 Å². The number of rotatable bonds is 4. The molecule has 4 rings (SSSR count). The molecule has 0 bridgehead atoms. The van der Waals surface area contributed by atoms with Crippen molar-refractivity contribution in [3.8, 4) is 16.9 Å². The Balaban J connectivity index is 1.81. The Kier molecular flexibility index (Phi) is 5.66. The van der Waals surface area contributed by atoms with Gasteiger partial charge in [-0.1, -0.05) is 66.7 Å². The van der Waals surface area contributed by atoms with Gasteiger partial charge in [-0.15, -0.1) is 0 Å². The van der Waals surface area contributed by atoms with Crippen molar-refractivity contribution < 1.29 is 9.90 Å². The Morgan fingerprint density at radius 2 is 1.76 bits per heavy atom. The average molecular weight is 429 g/mol. The molecule has 0 atom stereocenters. The summed E-state index contributed by atoms with van der Waals surface area (Å²) in [5.74, 6) is -0.449. The summed E-state index contributed by atoms with van der Waals surface area (Å²) in [5, 5.41) is 14.9. The van der Waals surface area contributed by atoms with Gasteiger partial charge in [-0.2, -0.15) is 5.10 Å². The highest BCUT2D eigenvalue weighted by Crippen LogP contribution is 2.36. The van der Waals surface area contributed by atoms with Crippen LogP contribution in [0.2, 0.25) is 10.0 Å². The molecule has 1 saturated carbocycles. The molecule has 0 aliphatic heterocycles. The fourth-order valence-corrected chi connectivity index (χ4v) is 4.70. The van der Waals surface area contributed by atoms with E-state index in [2.05, 4.69) is 29.4 Å². The predicted molar refractivity (Wildman–Crippen MR) is 117 cm³/mol. The highest BCUT2D eigenvalue weighted by molar-refractivity contribution is 6.35. The van der Waals surface area contributed by atoms with Crippen LogP contribution in [0.4, 0.5) is 0 Å². The number of carboxylic acids is 1. The van der Waals surface area contributed by atoms with E-state index in [9.17, 15) is 9.90 Å². The van der Waals surface area contributed by atoms with Gasteiger partial charge in [0, 0.05) is 16.1 Å². The van der Waals surface area contributed by atoms with Gasteiger partial charge in [0.15, 0.2) is 5.69 Å². The molecule has 29 heavy (non-hydrogen) atoms. The van der Waals surface area contributed by atoms with Crippen molar-refractivity contribution in [2.24, 2.45) is 0 Å². The first-order valence-electron chi connectivity index (χ1n) is 9.84. The minimum atomic E-state index is -1.06.